The standard InChI is InChI=1S/C6H14BO5P/c1-10-13(8,9)11-4-5-2-3-6(7)12-5/h5-6H,2-4,7H2,1H3,(H,8,9). The van der Waals surface area contributed by atoms with E-state index in [1.165, 1.54) is 0 Å². The van der Waals surface area contributed by atoms with Gasteiger partial charge >= 0.3 is 7.82 Å². The highest BCUT2D eigenvalue weighted by molar-refractivity contribution is 7.47. The Balaban J connectivity index is 2.23. The van der Waals surface area contributed by atoms with Crippen LogP contribution in [-0.2, 0) is 18.3 Å². The summed E-state index contributed by atoms with van der Waals surface area (Å²) in [6.07, 6.45) is 1.76. The maximum Gasteiger partial charge on any atom is 0.472 e. The third kappa shape index (κ3) is 3.79. The molecule has 1 aliphatic heterocycles. The van der Waals surface area contributed by atoms with Crippen LogP contribution in [0.25, 0.3) is 0 Å². The van der Waals surface area contributed by atoms with Gasteiger partial charge in [0.15, 0.2) is 0 Å². The highest BCUT2D eigenvalue weighted by atomic mass is 31.2. The normalized spacial score (nSPS) is 33.1. The summed E-state index contributed by atoms with van der Waals surface area (Å²) in [6.45, 7) is 0.117. The van der Waals surface area contributed by atoms with Crippen molar-refractivity contribution in [1.82, 2.24) is 0 Å². The Morgan fingerprint density at radius 1 is 1.69 bits per heavy atom. The maximum atomic E-state index is 10.9. The molecule has 0 amide bonds. The summed E-state index contributed by atoms with van der Waals surface area (Å²) in [6, 6.07) is 0.217. The first-order chi connectivity index (χ1) is 6.03. The fraction of sp³-hybridized carbons (Fsp3) is 1.00. The van der Waals surface area contributed by atoms with Gasteiger partial charge in [0, 0.05) is 13.1 Å². The first kappa shape index (κ1) is 11.2. The molecule has 0 spiro atoms. The lowest BCUT2D eigenvalue weighted by Gasteiger charge is -2.13. The Labute approximate surface area is 78.4 Å². The van der Waals surface area contributed by atoms with Gasteiger partial charge in [-0.3, -0.25) is 9.05 Å². The molecule has 5 nitrogen and oxygen atoms in total. The van der Waals surface area contributed by atoms with Crippen molar-refractivity contribution in [3.63, 3.8) is 0 Å². The molecule has 1 heterocycles. The van der Waals surface area contributed by atoms with E-state index in [0.29, 0.717) is 0 Å². The molecule has 0 radical (unpaired) electrons. The lowest BCUT2D eigenvalue weighted by Crippen LogP contribution is -2.16. The zero-order chi connectivity index (χ0) is 9.90. The molecule has 0 aromatic carbocycles. The van der Waals surface area contributed by atoms with Gasteiger partial charge in [0.25, 0.3) is 0 Å². The Kier molecular flexibility index (Phi) is 3.95. The Bertz CT molecular complexity index is 211. The largest absolute Gasteiger partial charge is 0.472 e. The molecule has 7 heteroatoms. The van der Waals surface area contributed by atoms with Gasteiger partial charge in [0.05, 0.1) is 12.7 Å². The maximum absolute atomic E-state index is 10.9. The lowest BCUT2D eigenvalue weighted by molar-refractivity contribution is 0.0379. The Morgan fingerprint density at radius 3 is 2.85 bits per heavy atom. The molecule has 3 unspecified atom stereocenters. The first-order valence-corrected chi connectivity index (χ1v) is 5.71. The molecule has 13 heavy (non-hydrogen) atoms. The minimum atomic E-state index is -3.83. The minimum absolute atomic E-state index is 0.0781. The van der Waals surface area contributed by atoms with Crippen molar-refractivity contribution in [3.05, 3.63) is 0 Å². The monoisotopic (exact) mass is 208 g/mol. The van der Waals surface area contributed by atoms with E-state index < -0.39 is 7.82 Å². The minimum Gasteiger partial charge on any atom is -0.382 e. The van der Waals surface area contributed by atoms with Crippen LogP contribution in [0.4, 0.5) is 0 Å². The number of ether oxygens (including phenoxy) is 1. The van der Waals surface area contributed by atoms with E-state index in [-0.39, 0.29) is 18.7 Å². The number of phosphoric ester groups is 1. The van der Waals surface area contributed by atoms with Crippen LogP contribution in [0.15, 0.2) is 0 Å². The van der Waals surface area contributed by atoms with Crippen molar-refractivity contribution < 1.29 is 23.2 Å². The molecule has 3 atom stereocenters. The van der Waals surface area contributed by atoms with Crippen molar-refractivity contribution in [2.75, 3.05) is 13.7 Å². The molecule has 0 aliphatic carbocycles. The van der Waals surface area contributed by atoms with Crippen molar-refractivity contribution in [2.24, 2.45) is 0 Å². The van der Waals surface area contributed by atoms with Crippen LogP contribution in [-0.4, -0.2) is 38.6 Å². The van der Waals surface area contributed by atoms with Gasteiger partial charge in [-0.05, 0) is 12.8 Å². The van der Waals surface area contributed by atoms with E-state index >= 15 is 0 Å². The summed E-state index contributed by atoms with van der Waals surface area (Å²) < 4.78 is 25.2. The van der Waals surface area contributed by atoms with Gasteiger partial charge in [-0.15, -0.1) is 0 Å². The molecular formula is C6H14BO5P. The smallest absolute Gasteiger partial charge is 0.382 e. The quantitative estimate of drug-likeness (QED) is 0.515. The van der Waals surface area contributed by atoms with Crippen LogP contribution in [0, 0.1) is 0 Å². The van der Waals surface area contributed by atoms with Crippen LogP contribution in [0.1, 0.15) is 12.8 Å². The summed E-state index contributed by atoms with van der Waals surface area (Å²) in [7, 11) is -0.721. The molecule has 76 valence electrons. The SMILES string of the molecule is BC1CCC(COP(=O)(O)OC)O1. The van der Waals surface area contributed by atoms with Crippen LogP contribution in [0.5, 0.6) is 0 Å². The molecule has 0 saturated carbocycles. The predicted octanol–water partition coefficient (Wildman–Crippen LogP) is -0.112. The predicted molar refractivity (Wildman–Crippen MR) is 49.2 cm³/mol. The number of rotatable bonds is 4. The lowest BCUT2D eigenvalue weighted by atomic mass is 9.97. The second-order valence-electron chi connectivity index (χ2n) is 3.09. The van der Waals surface area contributed by atoms with E-state index in [4.69, 9.17) is 9.63 Å². The van der Waals surface area contributed by atoms with Crippen LogP contribution in [0.2, 0.25) is 0 Å². The van der Waals surface area contributed by atoms with Gasteiger partial charge in [-0.25, -0.2) is 4.57 Å². The summed E-state index contributed by atoms with van der Waals surface area (Å²) in [5.41, 5.74) is 0. The molecule has 0 aromatic heterocycles. The molecule has 1 aliphatic rings. The summed E-state index contributed by atoms with van der Waals surface area (Å²) in [4.78, 5) is 8.90. The van der Waals surface area contributed by atoms with Crippen molar-refractivity contribution in [1.29, 1.82) is 0 Å². The summed E-state index contributed by atoms with van der Waals surface area (Å²) in [5, 5.41) is 0. The fourth-order valence-corrected chi connectivity index (χ4v) is 1.70. The number of phosphoric acid groups is 1. The van der Waals surface area contributed by atoms with E-state index in [9.17, 15) is 4.57 Å². The van der Waals surface area contributed by atoms with Crippen molar-refractivity contribution in [2.45, 2.75) is 24.9 Å². The first-order valence-electron chi connectivity index (χ1n) is 4.22. The van der Waals surface area contributed by atoms with Crippen molar-refractivity contribution >= 4 is 15.7 Å². The molecule has 1 fully saturated rings. The summed E-state index contributed by atoms with van der Waals surface area (Å²) in [5.74, 6) is 0. The second kappa shape index (κ2) is 4.57. The molecular weight excluding hydrogens is 194 g/mol. The highest BCUT2D eigenvalue weighted by Gasteiger charge is 2.26. The Morgan fingerprint density at radius 2 is 2.38 bits per heavy atom. The fourth-order valence-electron chi connectivity index (χ4n) is 1.24. The molecule has 1 rings (SSSR count). The van der Waals surface area contributed by atoms with Gasteiger partial charge < -0.3 is 9.63 Å². The molecule has 1 saturated heterocycles. The van der Waals surface area contributed by atoms with Crippen LogP contribution in [0.3, 0.4) is 0 Å². The van der Waals surface area contributed by atoms with Crippen LogP contribution >= 0.6 is 7.82 Å². The summed E-state index contributed by atoms with van der Waals surface area (Å²) >= 11 is 0. The molecule has 0 aromatic rings. The highest BCUT2D eigenvalue weighted by Crippen LogP contribution is 2.42. The average molecular weight is 208 g/mol. The third-order valence-electron chi connectivity index (χ3n) is 1.97. The molecule has 0 bridgehead atoms. The van der Waals surface area contributed by atoms with Gasteiger partial charge in [-0.1, -0.05) is 0 Å². The zero-order valence-corrected chi connectivity index (χ0v) is 8.70. The van der Waals surface area contributed by atoms with Gasteiger partial charge in [0.2, 0.25) is 0 Å². The van der Waals surface area contributed by atoms with E-state index in [1.807, 2.05) is 7.85 Å². The van der Waals surface area contributed by atoms with Crippen LogP contribution < -0.4 is 0 Å². The number of hydrogen-bond acceptors (Lipinski definition) is 4. The third-order valence-corrected chi connectivity index (χ3v) is 2.91. The van der Waals surface area contributed by atoms with E-state index in [0.717, 1.165) is 20.0 Å². The van der Waals surface area contributed by atoms with Gasteiger partial charge in [0.1, 0.15) is 7.85 Å². The number of hydrogen-bond donors (Lipinski definition) is 1. The van der Waals surface area contributed by atoms with E-state index in [2.05, 4.69) is 9.05 Å². The topological polar surface area (TPSA) is 65.0 Å². The Hall–Kier alpha value is 0.135. The van der Waals surface area contributed by atoms with Gasteiger partial charge in [-0.2, -0.15) is 0 Å². The second-order valence-corrected chi connectivity index (χ2v) is 4.65. The average Bonchev–Trinajstić information content (AvgIpc) is 2.48. The zero-order valence-electron chi connectivity index (χ0n) is 7.80. The molecule has 1 N–H and O–H groups in total. The van der Waals surface area contributed by atoms with E-state index in [1.54, 1.807) is 0 Å². The van der Waals surface area contributed by atoms with Crippen molar-refractivity contribution in [3.8, 4) is 0 Å².